The summed E-state index contributed by atoms with van der Waals surface area (Å²) in [5.41, 5.74) is 1.98. The van der Waals surface area contributed by atoms with Crippen LogP contribution in [0, 0.1) is 0 Å². The van der Waals surface area contributed by atoms with Crippen molar-refractivity contribution in [2.24, 2.45) is 0 Å². The van der Waals surface area contributed by atoms with Crippen LogP contribution in [0.15, 0.2) is 29.2 Å². The van der Waals surface area contributed by atoms with E-state index in [1.165, 1.54) is 39.9 Å². The first-order valence-corrected chi connectivity index (χ1v) is 15.9. The summed E-state index contributed by atoms with van der Waals surface area (Å²) in [5.74, 6) is -0.422. The number of carbonyl (C=O) groups excluding carboxylic acids is 2. The number of nitrogens with one attached hydrogen (secondary N) is 1. The molecule has 2 heterocycles. The maximum Gasteiger partial charge on any atom is 0.257 e. The molecule has 8 nitrogen and oxygen atoms in total. The molecule has 0 spiro atoms. The smallest absolute Gasteiger partial charge is 0.257 e. The van der Waals surface area contributed by atoms with Gasteiger partial charge in [0.2, 0.25) is 10.0 Å². The van der Waals surface area contributed by atoms with Crippen molar-refractivity contribution in [3.63, 3.8) is 0 Å². The van der Waals surface area contributed by atoms with Gasteiger partial charge < -0.3 is 10.2 Å². The van der Waals surface area contributed by atoms with Crippen molar-refractivity contribution < 1.29 is 18.0 Å². The van der Waals surface area contributed by atoms with Gasteiger partial charge in [-0.25, -0.2) is 8.42 Å². The molecule has 0 saturated heterocycles. The largest absolute Gasteiger partial charge is 0.339 e. The summed E-state index contributed by atoms with van der Waals surface area (Å²) >= 11 is 1.47. The Kier molecular flexibility index (Phi) is 10.5. The Morgan fingerprint density at radius 3 is 2.26 bits per heavy atom. The number of benzene rings is 1. The highest BCUT2D eigenvalue weighted by Crippen LogP contribution is 2.38. The number of anilines is 1. The molecule has 0 fully saturated rings. The number of fused-ring (bicyclic) bond motifs is 1. The van der Waals surface area contributed by atoms with Crippen LogP contribution in [0.5, 0.6) is 0 Å². The molecule has 2 amide bonds. The van der Waals surface area contributed by atoms with Gasteiger partial charge in [0.15, 0.2) is 0 Å². The number of carbonyl (C=O) groups is 2. The molecule has 210 valence electrons. The third-order valence-corrected chi connectivity index (χ3v) is 10.3. The molecule has 1 aliphatic rings. The van der Waals surface area contributed by atoms with Crippen LogP contribution in [0.1, 0.15) is 85.5 Å². The maximum atomic E-state index is 13.5. The number of unbranched alkanes of at least 4 members (excludes halogenated alkanes) is 1. The molecule has 0 radical (unpaired) electrons. The molecule has 1 aromatic carbocycles. The van der Waals surface area contributed by atoms with Crippen LogP contribution in [0.3, 0.4) is 0 Å². The van der Waals surface area contributed by atoms with Crippen LogP contribution in [-0.2, 0) is 23.0 Å². The quantitative estimate of drug-likeness (QED) is 0.391. The Hall–Kier alpha value is -2.27. The van der Waals surface area contributed by atoms with Gasteiger partial charge in [-0.15, -0.1) is 11.3 Å². The SMILES string of the molecule is CCCCN(CC)S(=O)(=O)c1ccc(C(=O)Nc2sc3c(c2C(=O)N(CC)CC)CCN(C(C)C)C3)cc1. The molecular weight excluding hydrogens is 520 g/mol. The standard InChI is InChI=1S/C28H42N4O4S2/c1-7-11-17-32(10-4)38(35,36)22-14-12-21(13-15-22)26(33)29-27-25(28(34)30(8-2)9-3)23-16-18-31(20(5)6)19-24(23)37-27/h12-15,20H,7-11,16-19H2,1-6H3,(H,29,33). The molecule has 0 atom stereocenters. The van der Waals surface area contributed by atoms with E-state index < -0.39 is 10.0 Å². The second-order valence-electron chi connectivity index (χ2n) is 9.83. The van der Waals surface area contributed by atoms with Crippen molar-refractivity contribution in [1.29, 1.82) is 0 Å². The zero-order chi connectivity index (χ0) is 28.0. The normalized spacial score (nSPS) is 14.1. The number of hydrogen-bond donors (Lipinski definition) is 1. The minimum atomic E-state index is -3.62. The minimum absolute atomic E-state index is 0.0611. The summed E-state index contributed by atoms with van der Waals surface area (Å²) in [7, 11) is -3.62. The Labute approximate surface area is 232 Å². The number of rotatable bonds is 12. The predicted octanol–water partition coefficient (Wildman–Crippen LogP) is 5.06. The Morgan fingerprint density at radius 2 is 1.71 bits per heavy atom. The van der Waals surface area contributed by atoms with Crippen molar-refractivity contribution >= 4 is 38.2 Å². The van der Waals surface area contributed by atoms with Crippen LogP contribution >= 0.6 is 11.3 Å². The number of sulfonamides is 1. The second kappa shape index (κ2) is 13.2. The predicted molar refractivity (Wildman–Crippen MR) is 155 cm³/mol. The van der Waals surface area contributed by atoms with Crippen molar-refractivity contribution in [2.75, 3.05) is 38.0 Å². The van der Waals surface area contributed by atoms with Crippen molar-refractivity contribution in [1.82, 2.24) is 14.1 Å². The fourth-order valence-corrected chi connectivity index (χ4v) is 7.48. The van der Waals surface area contributed by atoms with E-state index in [-0.39, 0.29) is 16.7 Å². The molecule has 0 saturated carbocycles. The van der Waals surface area contributed by atoms with E-state index in [0.29, 0.717) is 48.3 Å². The van der Waals surface area contributed by atoms with Crippen molar-refractivity contribution in [3.8, 4) is 0 Å². The lowest BCUT2D eigenvalue weighted by atomic mass is 10.0. The monoisotopic (exact) mass is 562 g/mol. The van der Waals surface area contributed by atoms with Gasteiger partial charge in [-0.2, -0.15) is 4.31 Å². The first-order valence-electron chi connectivity index (χ1n) is 13.7. The lowest BCUT2D eigenvalue weighted by molar-refractivity contribution is 0.0772. The van der Waals surface area contributed by atoms with E-state index in [1.54, 1.807) is 4.90 Å². The number of nitrogens with zero attached hydrogens (tertiary/aromatic N) is 3. The van der Waals surface area contributed by atoms with Gasteiger partial charge in [0.25, 0.3) is 11.8 Å². The van der Waals surface area contributed by atoms with Crippen LogP contribution in [0.25, 0.3) is 0 Å². The number of thiophene rings is 1. The van der Waals surface area contributed by atoms with Crippen LogP contribution in [-0.4, -0.2) is 73.1 Å². The third kappa shape index (κ3) is 6.47. The molecule has 1 aromatic heterocycles. The molecule has 2 aromatic rings. The lowest BCUT2D eigenvalue weighted by Crippen LogP contribution is -2.36. The van der Waals surface area contributed by atoms with Gasteiger partial charge in [-0.1, -0.05) is 20.3 Å². The number of hydrogen-bond acceptors (Lipinski definition) is 6. The van der Waals surface area contributed by atoms with Crippen molar-refractivity contribution in [3.05, 3.63) is 45.8 Å². The molecule has 38 heavy (non-hydrogen) atoms. The zero-order valence-electron chi connectivity index (χ0n) is 23.5. The molecule has 3 rings (SSSR count). The molecule has 1 aliphatic heterocycles. The van der Waals surface area contributed by atoms with Gasteiger partial charge in [0, 0.05) is 55.8 Å². The molecule has 0 bridgehead atoms. The summed E-state index contributed by atoms with van der Waals surface area (Å²) < 4.78 is 27.6. The van der Waals surface area contributed by atoms with Crippen LogP contribution in [0.4, 0.5) is 5.00 Å². The Bertz CT molecular complexity index is 1220. The molecule has 1 N–H and O–H groups in total. The van der Waals surface area contributed by atoms with Gasteiger partial charge in [0.05, 0.1) is 10.5 Å². The van der Waals surface area contributed by atoms with Gasteiger partial charge in [-0.05, 0) is 70.4 Å². The Balaban J connectivity index is 1.89. The summed E-state index contributed by atoms with van der Waals surface area (Å²) in [6.45, 7) is 15.8. The average Bonchev–Trinajstić information content (AvgIpc) is 3.26. The van der Waals surface area contributed by atoms with Gasteiger partial charge >= 0.3 is 0 Å². The highest BCUT2D eigenvalue weighted by Gasteiger charge is 2.31. The molecule has 10 heteroatoms. The van der Waals surface area contributed by atoms with E-state index in [2.05, 4.69) is 24.1 Å². The first kappa shape index (κ1) is 30.3. The van der Waals surface area contributed by atoms with Gasteiger partial charge in [-0.3, -0.25) is 14.5 Å². The van der Waals surface area contributed by atoms with Crippen LogP contribution < -0.4 is 5.32 Å². The summed E-state index contributed by atoms with van der Waals surface area (Å²) in [6, 6.07) is 6.44. The van der Waals surface area contributed by atoms with E-state index in [1.807, 2.05) is 27.7 Å². The topological polar surface area (TPSA) is 90.0 Å². The van der Waals surface area contributed by atoms with E-state index in [9.17, 15) is 18.0 Å². The van der Waals surface area contributed by atoms with Crippen LogP contribution in [0.2, 0.25) is 0 Å². The highest BCUT2D eigenvalue weighted by molar-refractivity contribution is 7.89. The second-order valence-corrected chi connectivity index (χ2v) is 12.9. The summed E-state index contributed by atoms with van der Waals surface area (Å²) in [5, 5.41) is 3.55. The first-order chi connectivity index (χ1) is 18.1. The molecule has 0 aliphatic carbocycles. The zero-order valence-corrected chi connectivity index (χ0v) is 25.2. The van der Waals surface area contributed by atoms with E-state index in [0.717, 1.165) is 42.8 Å². The molecule has 0 unspecified atom stereocenters. The van der Waals surface area contributed by atoms with Crippen molar-refractivity contribution in [2.45, 2.75) is 78.3 Å². The van der Waals surface area contributed by atoms with Gasteiger partial charge in [0.1, 0.15) is 5.00 Å². The third-order valence-electron chi connectivity index (χ3n) is 7.18. The fourth-order valence-electron chi connectivity index (χ4n) is 4.73. The minimum Gasteiger partial charge on any atom is -0.339 e. The van der Waals surface area contributed by atoms with E-state index in [4.69, 9.17) is 0 Å². The summed E-state index contributed by atoms with van der Waals surface area (Å²) in [4.78, 5) is 32.2. The maximum absolute atomic E-state index is 13.5. The molecular formula is C28H42N4O4S2. The van der Waals surface area contributed by atoms with E-state index >= 15 is 0 Å². The number of amides is 2. The fraction of sp³-hybridized carbons (Fsp3) is 0.571. The lowest BCUT2D eigenvalue weighted by Gasteiger charge is -2.30. The summed E-state index contributed by atoms with van der Waals surface area (Å²) in [6.07, 6.45) is 2.47. The average molecular weight is 563 g/mol. The Morgan fingerprint density at radius 1 is 1.05 bits per heavy atom. The highest BCUT2D eigenvalue weighted by atomic mass is 32.2.